The molecule has 7 heteroatoms. The summed E-state index contributed by atoms with van der Waals surface area (Å²) in [5, 5.41) is 0. The first kappa shape index (κ1) is 20.8. The lowest BCUT2D eigenvalue weighted by Crippen LogP contribution is -2.19. The minimum atomic E-state index is -5.02. The lowest BCUT2D eigenvalue weighted by molar-refractivity contribution is -0.276. The molecule has 28 heavy (non-hydrogen) atoms. The predicted octanol–water partition coefficient (Wildman–Crippen LogP) is 6.42. The van der Waals surface area contributed by atoms with Crippen LogP contribution in [-0.4, -0.2) is 19.6 Å². The van der Waals surface area contributed by atoms with Crippen molar-refractivity contribution in [1.82, 2.24) is 0 Å². The number of hydrogen-bond donors (Lipinski definition) is 0. The molecule has 0 aliphatic heterocycles. The molecule has 0 atom stereocenters. The van der Waals surface area contributed by atoms with E-state index in [0.29, 0.717) is 11.8 Å². The lowest BCUT2D eigenvalue weighted by Gasteiger charge is -2.21. The summed E-state index contributed by atoms with van der Waals surface area (Å²) in [4.78, 5) is 0. The average Bonchev–Trinajstić information content (AvgIpc) is 3.10. The second-order valence-corrected chi connectivity index (χ2v) is 7.47. The molecule has 0 saturated heterocycles. The summed E-state index contributed by atoms with van der Waals surface area (Å²) in [5.41, 5.74) is 0. The molecule has 2 aliphatic carbocycles. The summed E-state index contributed by atoms with van der Waals surface area (Å²) >= 11 is 0. The Bertz CT molecular complexity index is 662. The molecular weight excluding hydrogens is 376 g/mol. The van der Waals surface area contributed by atoms with E-state index in [-0.39, 0.29) is 24.7 Å². The normalized spacial score (nSPS) is 18.4. The molecule has 0 unspecified atom stereocenters. The number of allylic oxidation sites excluding steroid dienone is 1. The second kappa shape index (κ2) is 9.52. The molecule has 0 heterocycles. The zero-order valence-corrected chi connectivity index (χ0v) is 15.8. The molecular formula is C21H26F4O3. The van der Waals surface area contributed by atoms with Gasteiger partial charge in [0, 0.05) is 0 Å². The van der Waals surface area contributed by atoms with Crippen LogP contribution in [0.5, 0.6) is 17.2 Å². The molecule has 0 bridgehead atoms. The van der Waals surface area contributed by atoms with Gasteiger partial charge in [0.1, 0.15) is 6.61 Å². The van der Waals surface area contributed by atoms with Crippen LogP contribution < -0.4 is 14.2 Å². The summed E-state index contributed by atoms with van der Waals surface area (Å²) in [7, 11) is 0. The third kappa shape index (κ3) is 6.04. The summed E-state index contributed by atoms with van der Waals surface area (Å²) < 4.78 is 67.4. The van der Waals surface area contributed by atoms with Crippen molar-refractivity contribution in [2.24, 2.45) is 11.8 Å². The van der Waals surface area contributed by atoms with Crippen molar-refractivity contribution in [2.45, 2.75) is 57.7 Å². The van der Waals surface area contributed by atoms with E-state index in [0.717, 1.165) is 32.1 Å². The van der Waals surface area contributed by atoms with Crippen LogP contribution in [0.3, 0.4) is 0 Å². The van der Waals surface area contributed by atoms with Gasteiger partial charge in [-0.15, -0.1) is 13.2 Å². The van der Waals surface area contributed by atoms with Gasteiger partial charge >= 0.3 is 6.36 Å². The quantitative estimate of drug-likeness (QED) is 0.352. The van der Waals surface area contributed by atoms with Crippen LogP contribution in [0, 0.1) is 17.7 Å². The molecule has 1 aromatic rings. The number of halogens is 4. The van der Waals surface area contributed by atoms with Crippen molar-refractivity contribution in [3.05, 3.63) is 30.1 Å². The minimum Gasteiger partial charge on any atom is -0.490 e. The van der Waals surface area contributed by atoms with Gasteiger partial charge in [-0.2, -0.15) is 4.39 Å². The van der Waals surface area contributed by atoms with Gasteiger partial charge in [0.25, 0.3) is 0 Å². The molecule has 2 fully saturated rings. The molecule has 2 saturated carbocycles. The average molecular weight is 402 g/mol. The van der Waals surface area contributed by atoms with Crippen LogP contribution in [0.2, 0.25) is 0 Å². The number of ether oxygens (including phenoxy) is 3. The molecule has 0 radical (unpaired) electrons. The van der Waals surface area contributed by atoms with Crippen LogP contribution in [0.1, 0.15) is 51.4 Å². The molecule has 0 N–H and O–H groups in total. The fourth-order valence-electron chi connectivity index (χ4n) is 3.61. The van der Waals surface area contributed by atoms with Gasteiger partial charge in [0.15, 0.2) is 11.5 Å². The van der Waals surface area contributed by atoms with Crippen molar-refractivity contribution in [1.29, 1.82) is 0 Å². The van der Waals surface area contributed by atoms with Crippen LogP contribution in [0.4, 0.5) is 17.6 Å². The highest BCUT2D eigenvalue weighted by Gasteiger charge is 2.35. The number of alkyl halides is 3. The van der Waals surface area contributed by atoms with E-state index in [1.54, 1.807) is 6.08 Å². The first-order chi connectivity index (χ1) is 13.4. The molecule has 1 aromatic carbocycles. The minimum absolute atomic E-state index is 0.0841. The van der Waals surface area contributed by atoms with Gasteiger partial charge in [-0.1, -0.05) is 44.3 Å². The number of benzene rings is 1. The molecule has 156 valence electrons. The van der Waals surface area contributed by atoms with E-state index >= 15 is 0 Å². The largest absolute Gasteiger partial charge is 0.573 e. The van der Waals surface area contributed by atoms with Crippen LogP contribution in [0.25, 0.3) is 0 Å². The van der Waals surface area contributed by atoms with Gasteiger partial charge in [-0.05, 0) is 43.2 Å². The van der Waals surface area contributed by atoms with Gasteiger partial charge < -0.3 is 14.2 Å². The summed E-state index contributed by atoms with van der Waals surface area (Å²) in [6.07, 6.45) is 7.47. The van der Waals surface area contributed by atoms with Gasteiger partial charge in [-0.25, -0.2) is 0 Å². The van der Waals surface area contributed by atoms with Gasteiger partial charge in [-0.3, -0.25) is 0 Å². The summed E-state index contributed by atoms with van der Waals surface area (Å²) in [6.45, 7) is 0.309. The van der Waals surface area contributed by atoms with Gasteiger partial charge in [0.05, 0.1) is 6.61 Å². The molecule has 3 nitrogen and oxygen atoms in total. The van der Waals surface area contributed by atoms with Crippen LogP contribution in [0.15, 0.2) is 24.3 Å². The Balaban J connectivity index is 1.63. The van der Waals surface area contributed by atoms with Crippen LogP contribution in [-0.2, 0) is 0 Å². The summed E-state index contributed by atoms with van der Waals surface area (Å²) in [6, 6.07) is 2.55. The predicted molar refractivity (Wildman–Crippen MR) is 97.1 cm³/mol. The van der Waals surface area contributed by atoms with E-state index in [1.165, 1.54) is 31.4 Å². The van der Waals surface area contributed by atoms with Crippen molar-refractivity contribution < 1.29 is 31.8 Å². The maximum atomic E-state index is 14.6. The second-order valence-electron chi connectivity index (χ2n) is 7.47. The first-order valence-electron chi connectivity index (χ1n) is 9.93. The van der Waals surface area contributed by atoms with E-state index in [1.807, 2.05) is 6.08 Å². The van der Waals surface area contributed by atoms with Crippen molar-refractivity contribution in [2.75, 3.05) is 13.2 Å². The smallest absolute Gasteiger partial charge is 0.490 e. The molecule has 0 aromatic heterocycles. The maximum absolute atomic E-state index is 14.6. The molecule has 2 aliphatic rings. The Labute approximate surface area is 162 Å². The standard InChI is InChI=1S/C21H26F4O3/c22-19-17(26-13-4-9-15-7-3-8-15)10-11-18(20(19)28-21(23,24)25)27-14-12-16-5-1-2-6-16/h4,9-11,15-16H,1-3,5-8,12-14H2/b9-4+. The molecule has 3 rings (SSSR count). The molecule has 0 spiro atoms. The Morgan fingerprint density at radius 3 is 2.32 bits per heavy atom. The van der Waals surface area contributed by atoms with E-state index in [2.05, 4.69) is 4.74 Å². The highest BCUT2D eigenvalue weighted by atomic mass is 19.4. The van der Waals surface area contributed by atoms with Crippen LogP contribution >= 0.6 is 0 Å². The number of rotatable bonds is 9. The third-order valence-electron chi connectivity index (χ3n) is 5.39. The monoisotopic (exact) mass is 402 g/mol. The fraction of sp³-hybridized carbons (Fsp3) is 0.619. The highest BCUT2D eigenvalue weighted by Crippen LogP contribution is 2.40. The maximum Gasteiger partial charge on any atom is 0.573 e. The van der Waals surface area contributed by atoms with E-state index in [9.17, 15) is 17.6 Å². The molecule has 0 amide bonds. The number of hydrogen-bond acceptors (Lipinski definition) is 3. The van der Waals surface area contributed by atoms with Gasteiger partial charge in [0.2, 0.25) is 11.6 Å². The zero-order valence-electron chi connectivity index (χ0n) is 15.8. The van der Waals surface area contributed by atoms with E-state index in [4.69, 9.17) is 9.47 Å². The Hall–Kier alpha value is -1.92. The SMILES string of the molecule is Fc1c(OC/C=C/C2CCC2)ccc(OCCC2CCCC2)c1OC(F)(F)F. The topological polar surface area (TPSA) is 27.7 Å². The fourth-order valence-corrected chi connectivity index (χ4v) is 3.61. The summed E-state index contributed by atoms with van der Waals surface area (Å²) in [5.74, 6) is -1.69. The Kier molecular flexibility index (Phi) is 7.08. The third-order valence-corrected chi connectivity index (χ3v) is 5.39. The van der Waals surface area contributed by atoms with Crippen molar-refractivity contribution in [3.8, 4) is 17.2 Å². The highest BCUT2D eigenvalue weighted by molar-refractivity contribution is 5.47. The van der Waals surface area contributed by atoms with Crippen molar-refractivity contribution in [3.63, 3.8) is 0 Å². The lowest BCUT2D eigenvalue weighted by atomic mass is 9.85. The zero-order chi connectivity index (χ0) is 20.0. The van der Waals surface area contributed by atoms with E-state index < -0.39 is 17.9 Å². The Morgan fingerprint density at radius 2 is 1.68 bits per heavy atom. The van der Waals surface area contributed by atoms with Crippen molar-refractivity contribution >= 4 is 0 Å². The Morgan fingerprint density at radius 1 is 0.964 bits per heavy atom. The first-order valence-corrected chi connectivity index (χ1v) is 9.93.